The van der Waals surface area contributed by atoms with E-state index in [1.807, 2.05) is 0 Å². The molecule has 4 nitrogen and oxygen atoms in total. The molecule has 0 aromatic carbocycles. The molecule has 4 rings (SSSR count). The third-order valence-electron chi connectivity index (χ3n) is 6.43. The fraction of sp³-hybridized carbons (Fsp3) is 0.938. The Morgan fingerprint density at radius 2 is 1.90 bits per heavy atom. The van der Waals surface area contributed by atoms with Crippen LogP contribution < -0.4 is 0 Å². The van der Waals surface area contributed by atoms with Crippen molar-refractivity contribution < 1.29 is 9.44 Å². The molecular formula is C16H26N2O2. The maximum Gasteiger partial charge on any atom is 0.227 e. The number of piperidine rings is 3. The first-order chi connectivity index (χ1) is 9.60. The quantitative estimate of drug-likeness (QED) is 0.505. The largest absolute Gasteiger partial charge is 0.631 e. The number of hydrogen-bond donors (Lipinski definition) is 0. The molecule has 4 heterocycles. The summed E-state index contributed by atoms with van der Waals surface area (Å²) in [5.41, 5.74) is 0. The van der Waals surface area contributed by atoms with Crippen LogP contribution in [0.4, 0.5) is 0 Å². The summed E-state index contributed by atoms with van der Waals surface area (Å²) in [6, 6.07) is 0.898. The predicted octanol–water partition coefficient (Wildman–Crippen LogP) is 2.76. The average Bonchev–Trinajstić information content (AvgIpc) is 2.40. The average molecular weight is 278 g/mol. The van der Waals surface area contributed by atoms with Crippen molar-refractivity contribution in [3.8, 4) is 0 Å². The molecule has 4 aliphatic heterocycles. The molecule has 1 amide bonds. The summed E-state index contributed by atoms with van der Waals surface area (Å²) in [5, 5.41) is 13.7. The molecule has 4 fully saturated rings. The van der Waals surface area contributed by atoms with Gasteiger partial charge in [0.05, 0.1) is 12.1 Å². The van der Waals surface area contributed by atoms with Gasteiger partial charge >= 0.3 is 0 Å². The molecule has 0 aliphatic carbocycles. The summed E-state index contributed by atoms with van der Waals surface area (Å²) in [6.45, 7) is 2.31. The van der Waals surface area contributed by atoms with Crippen LogP contribution in [-0.4, -0.2) is 39.7 Å². The van der Waals surface area contributed by atoms with Crippen LogP contribution in [0.15, 0.2) is 0 Å². The zero-order chi connectivity index (χ0) is 13.9. The van der Waals surface area contributed by atoms with E-state index in [0.29, 0.717) is 18.4 Å². The van der Waals surface area contributed by atoms with Gasteiger partial charge < -0.3 is 9.85 Å². The highest BCUT2D eigenvalue weighted by Crippen LogP contribution is 2.50. The van der Waals surface area contributed by atoms with E-state index in [-0.39, 0.29) is 28.8 Å². The first-order valence-corrected chi connectivity index (χ1v) is 8.51. The number of nitrogens with zero attached hydrogens (tertiary/aromatic N) is 2. The van der Waals surface area contributed by atoms with Crippen molar-refractivity contribution in [2.24, 2.45) is 5.92 Å². The minimum Gasteiger partial charge on any atom is -0.631 e. The summed E-state index contributed by atoms with van der Waals surface area (Å²) in [7, 11) is 0. The maximum atomic E-state index is 13.7. The van der Waals surface area contributed by atoms with Gasteiger partial charge in [-0.2, -0.15) is 0 Å². The van der Waals surface area contributed by atoms with Gasteiger partial charge in [-0.3, -0.25) is 9.69 Å². The summed E-state index contributed by atoms with van der Waals surface area (Å²) in [6.07, 6.45) is 9.03. The topological polar surface area (TPSA) is 43.4 Å². The molecule has 0 bridgehead atoms. The molecule has 112 valence electrons. The number of fused-ring (bicyclic) bond motifs is 2. The van der Waals surface area contributed by atoms with E-state index in [2.05, 4.69) is 11.8 Å². The Labute approximate surface area is 121 Å². The molecule has 0 spiro atoms. The number of carbonyl (C=O) groups is 1. The lowest BCUT2D eigenvalue weighted by molar-refractivity contribution is -0.979. The van der Waals surface area contributed by atoms with Crippen LogP contribution in [0.5, 0.6) is 0 Å². The Hall–Kier alpha value is -0.610. The van der Waals surface area contributed by atoms with E-state index in [1.165, 1.54) is 0 Å². The Balaban J connectivity index is 1.73. The van der Waals surface area contributed by atoms with Gasteiger partial charge in [0.1, 0.15) is 0 Å². The van der Waals surface area contributed by atoms with Crippen LogP contribution in [0.25, 0.3) is 0 Å². The van der Waals surface area contributed by atoms with Crippen molar-refractivity contribution in [3.05, 3.63) is 5.21 Å². The lowest BCUT2D eigenvalue weighted by Crippen LogP contribution is -2.77. The number of amides is 1. The lowest BCUT2D eigenvalue weighted by Gasteiger charge is -2.69. The van der Waals surface area contributed by atoms with E-state index >= 15 is 0 Å². The molecule has 0 aromatic heterocycles. The minimum atomic E-state index is -0.0437. The van der Waals surface area contributed by atoms with Crippen LogP contribution in [0, 0.1) is 11.1 Å². The highest BCUT2D eigenvalue weighted by atomic mass is 16.6. The minimum absolute atomic E-state index is 0.0351. The smallest absolute Gasteiger partial charge is 0.227 e. The van der Waals surface area contributed by atoms with E-state index in [9.17, 15) is 10.0 Å². The van der Waals surface area contributed by atoms with Crippen molar-refractivity contribution >= 4 is 5.91 Å². The summed E-state index contributed by atoms with van der Waals surface area (Å²) >= 11 is 0. The first kappa shape index (κ1) is 13.1. The summed E-state index contributed by atoms with van der Waals surface area (Å²) < 4.78 is -0.0351. The molecule has 0 unspecified atom stereocenters. The fourth-order valence-corrected chi connectivity index (χ4v) is 5.71. The molecule has 4 heteroatoms. The summed E-state index contributed by atoms with van der Waals surface area (Å²) in [4.78, 5) is 14.4. The SMILES string of the molecule is C[C@@H]1C[C@@H]2C[C@@H]3CCCC(=O)N3[C@H]3CCC[C@@H](C1)[N@+]23[O-]. The third-order valence-corrected chi connectivity index (χ3v) is 6.43. The zero-order valence-corrected chi connectivity index (χ0v) is 12.5. The highest BCUT2D eigenvalue weighted by molar-refractivity contribution is 5.77. The number of hydrogen-bond acceptors (Lipinski definition) is 2. The number of rotatable bonds is 0. The van der Waals surface area contributed by atoms with Crippen molar-refractivity contribution in [2.75, 3.05) is 0 Å². The highest BCUT2D eigenvalue weighted by Gasteiger charge is 2.57. The second-order valence-corrected chi connectivity index (χ2v) is 7.64. The van der Waals surface area contributed by atoms with Gasteiger partial charge in [0.25, 0.3) is 0 Å². The first-order valence-electron chi connectivity index (χ1n) is 8.51. The zero-order valence-electron chi connectivity index (χ0n) is 12.5. The third kappa shape index (κ3) is 1.64. The maximum absolute atomic E-state index is 13.7. The predicted molar refractivity (Wildman–Crippen MR) is 76.3 cm³/mol. The Morgan fingerprint density at radius 3 is 2.75 bits per heavy atom. The van der Waals surface area contributed by atoms with Crippen LogP contribution in [0.1, 0.15) is 64.7 Å². The molecule has 20 heavy (non-hydrogen) atoms. The number of quaternary nitrogens is 1. The van der Waals surface area contributed by atoms with Crippen molar-refractivity contribution in [1.29, 1.82) is 0 Å². The summed E-state index contributed by atoms with van der Waals surface area (Å²) in [5.74, 6) is 0.951. The molecule has 4 aliphatic rings. The molecule has 0 saturated carbocycles. The standard InChI is InChI=1S/C16H26N2O2/c1-11-8-13-5-3-6-15-17-12(4-2-7-16(17)19)10-14(9-11)18(13,15)20/h11-15H,2-10H2,1H3/t11-,12-,13-,14+,15+,18-/m0/s1. The van der Waals surface area contributed by atoms with Crippen molar-refractivity contribution in [2.45, 2.75) is 89.0 Å². The Bertz CT molecular complexity index is 427. The van der Waals surface area contributed by atoms with Gasteiger partial charge in [-0.05, 0) is 25.2 Å². The van der Waals surface area contributed by atoms with Crippen LogP contribution in [-0.2, 0) is 4.79 Å². The van der Waals surface area contributed by atoms with Crippen molar-refractivity contribution in [3.63, 3.8) is 0 Å². The number of hydroxylamine groups is 3. The molecular weight excluding hydrogens is 252 g/mol. The van der Waals surface area contributed by atoms with Crippen LogP contribution >= 0.6 is 0 Å². The lowest BCUT2D eigenvalue weighted by atomic mass is 9.75. The van der Waals surface area contributed by atoms with E-state index in [0.717, 1.165) is 51.4 Å². The Kier molecular flexibility index (Phi) is 2.90. The number of carbonyl (C=O) groups excluding carboxylic acids is 1. The molecule has 0 N–H and O–H groups in total. The van der Waals surface area contributed by atoms with Crippen LogP contribution in [0.3, 0.4) is 0 Å². The fourth-order valence-electron chi connectivity index (χ4n) is 5.71. The van der Waals surface area contributed by atoms with Gasteiger partial charge in [-0.15, -0.1) is 0 Å². The van der Waals surface area contributed by atoms with E-state index < -0.39 is 0 Å². The molecule has 0 radical (unpaired) electrons. The van der Waals surface area contributed by atoms with Crippen molar-refractivity contribution in [1.82, 2.24) is 4.90 Å². The van der Waals surface area contributed by atoms with E-state index in [4.69, 9.17) is 0 Å². The van der Waals surface area contributed by atoms with Gasteiger partial charge in [-0.25, -0.2) is 0 Å². The van der Waals surface area contributed by atoms with E-state index in [1.54, 1.807) is 0 Å². The van der Waals surface area contributed by atoms with Gasteiger partial charge in [0, 0.05) is 44.6 Å². The van der Waals surface area contributed by atoms with Gasteiger partial charge in [-0.1, -0.05) is 6.92 Å². The van der Waals surface area contributed by atoms with Gasteiger partial charge in [0.2, 0.25) is 5.91 Å². The second kappa shape index (κ2) is 4.44. The van der Waals surface area contributed by atoms with Crippen LogP contribution in [0.2, 0.25) is 0 Å². The normalized spacial score (nSPS) is 51.4. The second-order valence-electron chi connectivity index (χ2n) is 7.64. The molecule has 4 saturated heterocycles. The van der Waals surface area contributed by atoms with Gasteiger partial charge in [0.15, 0.2) is 6.17 Å². The molecule has 0 aromatic rings. The Morgan fingerprint density at radius 1 is 1.10 bits per heavy atom. The molecule has 6 atom stereocenters. The monoisotopic (exact) mass is 278 g/mol.